The van der Waals surface area contributed by atoms with Crippen LogP contribution in [-0.2, 0) is 10.0 Å². The fourth-order valence-electron chi connectivity index (χ4n) is 3.23. The number of hydrogen-bond acceptors (Lipinski definition) is 4. The van der Waals surface area contributed by atoms with E-state index in [1.54, 1.807) is 18.2 Å². The summed E-state index contributed by atoms with van der Waals surface area (Å²) in [4.78, 5) is 12.9. The number of nitrogens with one attached hydrogen (secondary N) is 1. The lowest BCUT2D eigenvalue weighted by Crippen LogP contribution is -2.32. The summed E-state index contributed by atoms with van der Waals surface area (Å²) in [6.07, 6.45) is 3.73. The van der Waals surface area contributed by atoms with Crippen molar-refractivity contribution >= 4 is 49.1 Å². The van der Waals surface area contributed by atoms with Gasteiger partial charge in [-0.05, 0) is 65.2 Å². The molecule has 0 aromatic heterocycles. The molecular formula is C20H22BrClN2O4S. The number of benzene rings is 2. The molecule has 29 heavy (non-hydrogen) atoms. The minimum Gasteiger partial charge on any atom is -0.496 e. The Balaban J connectivity index is 1.91. The largest absolute Gasteiger partial charge is 0.496 e. The fourth-order valence-corrected chi connectivity index (χ4v) is 5.20. The van der Waals surface area contributed by atoms with Gasteiger partial charge in [0.1, 0.15) is 5.75 Å². The molecule has 1 saturated heterocycles. The van der Waals surface area contributed by atoms with Crippen LogP contribution in [0.25, 0.3) is 0 Å². The van der Waals surface area contributed by atoms with Crippen LogP contribution < -0.4 is 10.1 Å². The number of carbonyl (C=O) groups is 1. The van der Waals surface area contributed by atoms with Crippen molar-refractivity contribution < 1.29 is 17.9 Å². The summed E-state index contributed by atoms with van der Waals surface area (Å²) in [5.74, 6) is -0.186. The molecule has 1 aliphatic heterocycles. The zero-order valence-electron chi connectivity index (χ0n) is 16.0. The summed E-state index contributed by atoms with van der Waals surface area (Å²) in [6.45, 7) is 0.987. The predicted molar refractivity (Wildman–Crippen MR) is 117 cm³/mol. The molecule has 1 amide bonds. The summed E-state index contributed by atoms with van der Waals surface area (Å²) in [5.41, 5.74) is 0.633. The van der Waals surface area contributed by atoms with E-state index in [2.05, 4.69) is 21.2 Å². The standard InChI is InChI=1S/C20H22BrClN2O4S/c1-28-19-9-7-15(29(26,27)24-10-4-2-3-5-11-24)13-16(19)20(25)23-14-6-8-17(21)18(22)12-14/h6-9,12-13H,2-5,10-11H2,1H3,(H,23,25). The molecule has 6 nitrogen and oxygen atoms in total. The van der Waals surface area contributed by atoms with Gasteiger partial charge in [0.05, 0.1) is 22.6 Å². The first kappa shape index (κ1) is 22.1. The van der Waals surface area contributed by atoms with Crippen LogP contribution >= 0.6 is 27.5 Å². The van der Waals surface area contributed by atoms with E-state index >= 15 is 0 Å². The Kier molecular flexibility index (Phi) is 7.21. The predicted octanol–water partition coefficient (Wildman–Crippen LogP) is 4.93. The van der Waals surface area contributed by atoms with E-state index in [-0.39, 0.29) is 10.5 Å². The molecule has 2 aromatic carbocycles. The Morgan fingerprint density at radius 3 is 2.41 bits per heavy atom. The van der Waals surface area contributed by atoms with Crippen LogP contribution in [0.3, 0.4) is 0 Å². The van der Waals surface area contributed by atoms with Gasteiger partial charge in [-0.3, -0.25) is 4.79 Å². The van der Waals surface area contributed by atoms with Gasteiger partial charge in [0.25, 0.3) is 5.91 Å². The minimum absolute atomic E-state index is 0.0826. The number of amides is 1. The first-order valence-electron chi connectivity index (χ1n) is 9.27. The number of methoxy groups -OCH3 is 1. The van der Waals surface area contributed by atoms with Gasteiger partial charge in [0.15, 0.2) is 0 Å². The first-order chi connectivity index (χ1) is 13.8. The molecule has 156 valence electrons. The van der Waals surface area contributed by atoms with Gasteiger partial charge in [0, 0.05) is 23.2 Å². The van der Waals surface area contributed by atoms with Crippen molar-refractivity contribution in [2.24, 2.45) is 0 Å². The molecule has 0 bridgehead atoms. The summed E-state index contributed by atoms with van der Waals surface area (Å²) in [5, 5.41) is 3.19. The first-order valence-corrected chi connectivity index (χ1v) is 11.9. The molecule has 0 spiro atoms. The lowest BCUT2D eigenvalue weighted by atomic mass is 10.2. The molecule has 1 N–H and O–H groups in total. The second-order valence-corrected chi connectivity index (χ2v) is 9.96. The van der Waals surface area contributed by atoms with E-state index in [9.17, 15) is 13.2 Å². The zero-order chi connectivity index (χ0) is 21.0. The highest BCUT2D eigenvalue weighted by molar-refractivity contribution is 9.10. The molecular weight excluding hydrogens is 480 g/mol. The zero-order valence-corrected chi connectivity index (χ0v) is 19.1. The molecule has 1 aliphatic rings. The number of sulfonamides is 1. The molecule has 9 heteroatoms. The van der Waals surface area contributed by atoms with Crippen LogP contribution in [-0.4, -0.2) is 38.8 Å². The van der Waals surface area contributed by atoms with Crippen molar-refractivity contribution in [1.82, 2.24) is 4.31 Å². The third-order valence-corrected chi connectivity index (χ3v) is 7.92. The van der Waals surface area contributed by atoms with Crippen LogP contribution in [0.2, 0.25) is 5.02 Å². The number of rotatable bonds is 5. The maximum Gasteiger partial charge on any atom is 0.259 e. The number of halogens is 2. The third kappa shape index (κ3) is 5.12. The number of anilines is 1. The highest BCUT2D eigenvalue weighted by atomic mass is 79.9. The Hall–Kier alpha value is -1.61. The van der Waals surface area contributed by atoms with Crippen molar-refractivity contribution in [3.05, 3.63) is 51.5 Å². The third-order valence-electron chi connectivity index (χ3n) is 4.80. The summed E-state index contributed by atoms with van der Waals surface area (Å²) in [7, 11) is -2.24. The molecule has 2 aromatic rings. The van der Waals surface area contributed by atoms with Crippen LogP contribution in [0.4, 0.5) is 5.69 Å². The van der Waals surface area contributed by atoms with Crippen LogP contribution in [0.15, 0.2) is 45.8 Å². The Bertz CT molecular complexity index is 1010. The van der Waals surface area contributed by atoms with Crippen LogP contribution in [0.1, 0.15) is 36.0 Å². The number of nitrogens with zero attached hydrogens (tertiary/aromatic N) is 1. The molecule has 3 rings (SSSR count). The quantitative estimate of drug-likeness (QED) is 0.630. The highest BCUT2D eigenvalue weighted by Crippen LogP contribution is 2.29. The minimum atomic E-state index is -3.68. The van der Waals surface area contributed by atoms with E-state index in [1.807, 2.05) is 0 Å². The maximum atomic E-state index is 13.1. The maximum absolute atomic E-state index is 13.1. The number of hydrogen-bond donors (Lipinski definition) is 1. The van der Waals surface area contributed by atoms with Crippen molar-refractivity contribution in [2.75, 3.05) is 25.5 Å². The van der Waals surface area contributed by atoms with Gasteiger partial charge < -0.3 is 10.1 Å². The van der Waals surface area contributed by atoms with Gasteiger partial charge in [-0.1, -0.05) is 24.4 Å². The van der Waals surface area contributed by atoms with Crippen LogP contribution in [0.5, 0.6) is 5.75 Å². The second-order valence-electron chi connectivity index (χ2n) is 6.76. The highest BCUT2D eigenvalue weighted by Gasteiger charge is 2.27. The van der Waals surface area contributed by atoms with E-state index in [1.165, 1.54) is 29.6 Å². The van der Waals surface area contributed by atoms with Crippen molar-refractivity contribution in [1.29, 1.82) is 0 Å². The normalized spacial score (nSPS) is 15.6. The van der Waals surface area contributed by atoms with Crippen molar-refractivity contribution in [3.63, 3.8) is 0 Å². The molecule has 0 saturated carbocycles. The Morgan fingerprint density at radius 2 is 1.79 bits per heavy atom. The summed E-state index contributed by atoms with van der Waals surface area (Å²) < 4.78 is 33.7. The summed E-state index contributed by atoms with van der Waals surface area (Å²) >= 11 is 9.38. The van der Waals surface area contributed by atoms with E-state index in [0.717, 1.165) is 25.7 Å². The average Bonchev–Trinajstić information content (AvgIpc) is 3.00. The van der Waals surface area contributed by atoms with E-state index < -0.39 is 15.9 Å². The molecule has 0 atom stereocenters. The van der Waals surface area contributed by atoms with Gasteiger partial charge in [-0.2, -0.15) is 4.31 Å². The number of ether oxygens (including phenoxy) is 1. The molecule has 0 unspecified atom stereocenters. The van der Waals surface area contributed by atoms with E-state index in [0.29, 0.717) is 34.0 Å². The topological polar surface area (TPSA) is 75.7 Å². The van der Waals surface area contributed by atoms with Gasteiger partial charge >= 0.3 is 0 Å². The fraction of sp³-hybridized carbons (Fsp3) is 0.350. The van der Waals surface area contributed by atoms with E-state index in [4.69, 9.17) is 16.3 Å². The van der Waals surface area contributed by atoms with Crippen LogP contribution in [0, 0.1) is 0 Å². The Morgan fingerprint density at radius 1 is 1.10 bits per heavy atom. The average molecular weight is 502 g/mol. The Labute approximate surface area is 184 Å². The smallest absolute Gasteiger partial charge is 0.259 e. The lowest BCUT2D eigenvalue weighted by Gasteiger charge is -2.20. The van der Waals surface area contributed by atoms with Gasteiger partial charge in [0.2, 0.25) is 10.0 Å². The van der Waals surface area contributed by atoms with Crippen molar-refractivity contribution in [3.8, 4) is 5.75 Å². The monoisotopic (exact) mass is 500 g/mol. The summed E-state index contributed by atoms with van der Waals surface area (Å²) in [6, 6.07) is 9.37. The number of carbonyl (C=O) groups excluding carboxylic acids is 1. The SMILES string of the molecule is COc1ccc(S(=O)(=O)N2CCCCCC2)cc1C(=O)Nc1ccc(Br)c(Cl)c1. The molecule has 1 fully saturated rings. The molecule has 0 radical (unpaired) electrons. The van der Waals surface area contributed by atoms with Gasteiger partial charge in [-0.25, -0.2) is 8.42 Å². The van der Waals surface area contributed by atoms with Gasteiger partial charge in [-0.15, -0.1) is 0 Å². The van der Waals surface area contributed by atoms with Crippen molar-refractivity contribution in [2.45, 2.75) is 30.6 Å². The second kappa shape index (κ2) is 9.47. The lowest BCUT2D eigenvalue weighted by molar-refractivity contribution is 0.102. The molecule has 1 heterocycles. The molecule has 0 aliphatic carbocycles.